The second kappa shape index (κ2) is 7.47. The van der Waals surface area contributed by atoms with Gasteiger partial charge in [-0.15, -0.1) is 11.3 Å². The Bertz CT molecular complexity index is 793. The zero-order valence-electron chi connectivity index (χ0n) is 14.3. The molecular weight excluding hydrogens is 324 g/mol. The summed E-state index contributed by atoms with van der Waals surface area (Å²) in [7, 11) is 0. The minimum Gasteiger partial charge on any atom is -0.464 e. The van der Waals surface area contributed by atoms with E-state index < -0.39 is 0 Å². The number of rotatable bonds is 6. The van der Waals surface area contributed by atoms with Crippen molar-refractivity contribution in [3.8, 4) is 0 Å². The molecule has 0 radical (unpaired) electrons. The van der Waals surface area contributed by atoms with E-state index in [0.717, 1.165) is 48.9 Å². The Morgan fingerprint density at radius 3 is 3.08 bits per heavy atom. The second-order valence-electron chi connectivity index (χ2n) is 6.64. The van der Waals surface area contributed by atoms with E-state index in [1.807, 2.05) is 0 Å². The van der Waals surface area contributed by atoms with Gasteiger partial charge in [-0.1, -0.05) is 26.7 Å². The second-order valence-corrected chi connectivity index (χ2v) is 7.72. The van der Waals surface area contributed by atoms with E-state index in [-0.39, 0.29) is 18.1 Å². The topological polar surface area (TPSA) is 61.2 Å². The maximum absolute atomic E-state index is 12.8. The Balaban J connectivity index is 1.79. The molecule has 1 atom stereocenters. The van der Waals surface area contributed by atoms with Crippen molar-refractivity contribution in [3.05, 3.63) is 27.1 Å². The van der Waals surface area contributed by atoms with Crippen molar-refractivity contribution >= 4 is 27.5 Å². The van der Waals surface area contributed by atoms with Crippen molar-refractivity contribution in [3.63, 3.8) is 0 Å². The highest BCUT2D eigenvalue weighted by atomic mass is 32.1. The molecule has 0 saturated carbocycles. The highest BCUT2D eigenvalue weighted by molar-refractivity contribution is 7.18. The van der Waals surface area contributed by atoms with Crippen LogP contribution in [0.2, 0.25) is 0 Å². The molecule has 130 valence electrons. The first-order valence-corrected chi connectivity index (χ1v) is 9.57. The van der Waals surface area contributed by atoms with Gasteiger partial charge in [-0.05, 0) is 37.2 Å². The highest BCUT2D eigenvalue weighted by Gasteiger charge is 2.23. The molecule has 0 bridgehead atoms. The highest BCUT2D eigenvalue weighted by Crippen LogP contribution is 2.35. The summed E-state index contributed by atoms with van der Waals surface area (Å²) in [4.78, 5) is 31.2. The van der Waals surface area contributed by atoms with Crippen molar-refractivity contribution < 1.29 is 9.53 Å². The summed E-state index contributed by atoms with van der Waals surface area (Å²) in [6.07, 6.45) is 7.52. The fraction of sp³-hybridized carbons (Fsp3) is 0.611. The zero-order valence-corrected chi connectivity index (χ0v) is 15.2. The van der Waals surface area contributed by atoms with Crippen LogP contribution >= 0.6 is 11.3 Å². The van der Waals surface area contributed by atoms with Crippen LogP contribution in [0, 0.1) is 5.92 Å². The van der Waals surface area contributed by atoms with Crippen LogP contribution in [-0.4, -0.2) is 22.1 Å². The van der Waals surface area contributed by atoms with Gasteiger partial charge in [0.05, 0.1) is 18.3 Å². The first kappa shape index (κ1) is 17.1. The maximum atomic E-state index is 12.8. The average Bonchev–Trinajstić information content (AvgIpc) is 2.92. The molecule has 5 nitrogen and oxygen atoms in total. The van der Waals surface area contributed by atoms with Crippen LogP contribution in [0.1, 0.15) is 50.0 Å². The maximum Gasteiger partial charge on any atom is 0.326 e. The molecule has 24 heavy (non-hydrogen) atoms. The number of nitrogens with zero attached hydrogens (tertiary/aromatic N) is 2. The van der Waals surface area contributed by atoms with E-state index in [1.165, 1.54) is 15.8 Å². The summed E-state index contributed by atoms with van der Waals surface area (Å²) in [5, 5.41) is 0.711. The van der Waals surface area contributed by atoms with E-state index >= 15 is 0 Å². The molecule has 2 aromatic rings. The van der Waals surface area contributed by atoms with Gasteiger partial charge in [0.1, 0.15) is 11.4 Å². The number of carbonyl (C=O) groups excluding carboxylic acids is 1. The number of aryl methyl sites for hydroxylation is 1. The Kier molecular flexibility index (Phi) is 5.33. The van der Waals surface area contributed by atoms with Crippen molar-refractivity contribution in [1.29, 1.82) is 0 Å². The summed E-state index contributed by atoms with van der Waals surface area (Å²) >= 11 is 1.62. The van der Waals surface area contributed by atoms with Crippen molar-refractivity contribution in [2.45, 2.75) is 58.9 Å². The van der Waals surface area contributed by atoms with E-state index in [1.54, 1.807) is 11.3 Å². The predicted octanol–water partition coefficient (Wildman–Crippen LogP) is 3.32. The molecule has 0 fully saturated rings. The van der Waals surface area contributed by atoms with Crippen LogP contribution in [-0.2, 0) is 28.9 Å². The van der Waals surface area contributed by atoms with Crippen molar-refractivity contribution in [1.82, 2.24) is 9.55 Å². The summed E-state index contributed by atoms with van der Waals surface area (Å²) in [6.45, 7) is 4.70. The fourth-order valence-corrected chi connectivity index (χ4v) is 4.54. The first-order valence-electron chi connectivity index (χ1n) is 8.75. The van der Waals surface area contributed by atoms with Crippen LogP contribution in [0.25, 0.3) is 10.2 Å². The van der Waals surface area contributed by atoms with E-state index in [4.69, 9.17) is 4.74 Å². The predicted molar refractivity (Wildman–Crippen MR) is 95.6 cm³/mol. The number of aromatic nitrogens is 2. The quantitative estimate of drug-likeness (QED) is 0.593. The standard InChI is InChI=1S/C18H24N2O3S/c1-3-4-5-8-23-15(21)10-20-11-19-17-16(18(20)22)13-7-6-12(2)9-14(13)24-17/h11-12H,3-10H2,1-2H3/t12-/m0/s1. The summed E-state index contributed by atoms with van der Waals surface area (Å²) in [5.74, 6) is 0.290. The SMILES string of the molecule is CCCCCOC(=O)Cn1cnc2sc3c(c2c1=O)CC[C@H](C)C3. The number of fused-ring (bicyclic) bond motifs is 3. The zero-order chi connectivity index (χ0) is 17.1. The van der Waals surface area contributed by atoms with Crippen LogP contribution in [0.5, 0.6) is 0 Å². The molecule has 6 heteroatoms. The minimum atomic E-state index is -0.368. The van der Waals surface area contributed by atoms with Gasteiger partial charge in [0.15, 0.2) is 0 Å². The lowest BCUT2D eigenvalue weighted by Gasteiger charge is -2.17. The number of carbonyl (C=O) groups is 1. The summed E-state index contributed by atoms with van der Waals surface area (Å²) in [5.41, 5.74) is 1.04. The number of thiophene rings is 1. The van der Waals surface area contributed by atoms with E-state index in [0.29, 0.717) is 17.9 Å². The van der Waals surface area contributed by atoms with Gasteiger partial charge in [0.25, 0.3) is 5.56 Å². The van der Waals surface area contributed by atoms with Gasteiger partial charge < -0.3 is 4.74 Å². The lowest BCUT2D eigenvalue weighted by atomic mass is 9.89. The molecule has 0 aliphatic heterocycles. The lowest BCUT2D eigenvalue weighted by molar-refractivity contribution is -0.144. The van der Waals surface area contributed by atoms with Gasteiger partial charge in [-0.3, -0.25) is 14.2 Å². The number of hydrogen-bond donors (Lipinski definition) is 0. The third kappa shape index (κ3) is 3.53. The number of esters is 1. The molecule has 1 aliphatic carbocycles. The lowest BCUT2D eigenvalue weighted by Crippen LogP contribution is -2.26. The third-order valence-corrected chi connectivity index (χ3v) is 5.75. The minimum absolute atomic E-state index is 0.0606. The third-order valence-electron chi connectivity index (χ3n) is 4.59. The van der Waals surface area contributed by atoms with E-state index in [9.17, 15) is 9.59 Å². The molecule has 3 rings (SSSR count). The number of ether oxygens (including phenoxy) is 1. The van der Waals surface area contributed by atoms with Gasteiger partial charge in [0, 0.05) is 4.88 Å². The van der Waals surface area contributed by atoms with Gasteiger partial charge in [-0.2, -0.15) is 0 Å². The van der Waals surface area contributed by atoms with Crippen LogP contribution in [0.3, 0.4) is 0 Å². The molecule has 0 unspecified atom stereocenters. The molecule has 2 aromatic heterocycles. The van der Waals surface area contributed by atoms with Gasteiger partial charge in [0.2, 0.25) is 0 Å². The molecular formula is C18H24N2O3S. The monoisotopic (exact) mass is 348 g/mol. The summed E-state index contributed by atoms with van der Waals surface area (Å²) < 4.78 is 6.58. The largest absolute Gasteiger partial charge is 0.464 e. The van der Waals surface area contributed by atoms with Crippen molar-refractivity contribution in [2.75, 3.05) is 6.61 Å². The molecule has 0 saturated heterocycles. The Hall–Kier alpha value is -1.69. The van der Waals surface area contributed by atoms with Gasteiger partial charge >= 0.3 is 5.97 Å². The molecule has 0 aromatic carbocycles. The first-order chi connectivity index (χ1) is 11.6. The molecule has 1 aliphatic rings. The van der Waals surface area contributed by atoms with Gasteiger partial charge in [-0.25, -0.2) is 4.98 Å². The normalized spacial score (nSPS) is 17.0. The Morgan fingerprint density at radius 1 is 1.46 bits per heavy atom. The van der Waals surface area contributed by atoms with E-state index in [2.05, 4.69) is 18.8 Å². The number of unbranched alkanes of at least 4 members (excludes halogenated alkanes) is 2. The Morgan fingerprint density at radius 2 is 2.29 bits per heavy atom. The van der Waals surface area contributed by atoms with Crippen molar-refractivity contribution in [2.24, 2.45) is 5.92 Å². The molecule has 0 N–H and O–H groups in total. The van der Waals surface area contributed by atoms with Crippen LogP contribution < -0.4 is 5.56 Å². The Labute approximate surface area is 145 Å². The average molecular weight is 348 g/mol. The molecule has 0 spiro atoms. The summed E-state index contributed by atoms with van der Waals surface area (Å²) in [6, 6.07) is 0. The number of hydrogen-bond acceptors (Lipinski definition) is 5. The molecule has 0 amide bonds. The fourth-order valence-electron chi connectivity index (χ4n) is 3.20. The molecule has 2 heterocycles. The van der Waals surface area contributed by atoms with Crippen LogP contribution in [0.4, 0.5) is 0 Å². The van der Waals surface area contributed by atoms with Crippen LogP contribution in [0.15, 0.2) is 11.1 Å². The smallest absolute Gasteiger partial charge is 0.326 e.